The first-order chi connectivity index (χ1) is 14.7. The Labute approximate surface area is 183 Å². The van der Waals surface area contributed by atoms with Crippen molar-refractivity contribution in [1.82, 2.24) is 9.97 Å². The lowest BCUT2D eigenvalue weighted by Gasteiger charge is -2.14. The molecule has 4 nitrogen and oxygen atoms in total. The van der Waals surface area contributed by atoms with Crippen LogP contribution >= 0.6 is 0 Å². The van der Waals surface area contributed by atoms with Crippen LogP contribution in [0, 0.1) is 0 Å². The molecule has 0 N–H and O–H groups in total. The van der Waals surface area contributed by atoms with Gasteiger partial charge in [-0.2, -0.15) is 0 Å². The first kappa shape index (κ1) is 24.2. The standard InChI is InChI=1S/C26H40N2O2/c1-4-6-8-10-11-12-14-22(3)30-26-18-16-24(21-28-26)23-15-17-25(27-20-23)29-19-13-9-7-5-2/h15-18,20-22H,4-14,19H2,1-3H3. The van der Waals surface area contributed by atoms with Crippen molar-refractivity contribution >= 4 is 0 Å². The van der Waals surface area contributed by atoms with Crippen molar-refractivity contribution in [2.45, 2.75) is 97.5 Å². The highest BCUT2D eigenvalue weighted by Gasteiger charge is 2.06. The Balaban J connectivity index is 1.72. The van der Waals surface area contributed by atoms with Crippen molar-refractivity contribution < 1.29 is 9.47 Å². The lowest BCUT2D eigenvalue weighted by molar-refractivity contribution is 0.198. The Hall–Kier alpha value is -2.10. The zero-order chi connectivity index (χ0) is 21.4. The zero-order valence-corrected chi connectivity index (χ0v) is 19.2. The maximum Gasteiger partial charge on any atom is 0.213 e. The molecule has 0 aliphatic carbocycles. The molecule has 0 aliphatic rings. The van der Waals surface area contributed by atoms with Gasteiger partial charge in [-0.25, -0.2) is 9.97 Å². The molecule has 0 saturated heterocycles. The summed E-state index contributed by atoms with van der Waals surface area (Å²) in [7, 11) is 0. The van der Waals surface area contributed by atoms with Crippen LogP contribution in [0.2, 0.25) is 0 Å². The summed E-state index contributed by atoms with van der Waals surface area (Å²) in [6, 6.07) is 7.96. The van der Waals surface area contributed by atoms with Crippen molar-refractivity contribution in [3.63, 3.8) is 0 Å². The van der Waals surface area contributed by atoms with Crippen molar-refractivity contribution in [2.75, 3.05) is 6.61 Å². The van der Waals surface area contributed by atoms with Crippen LogP contribution in [0.5, 0.6) is 11.8 Å². The van der Waals surface area contributed by atoms with Crippen LogP contribution < -0.4 is 9.47 Å². The normalized spacial score (nSPS) is 12.0. The zero-order valence-electron chi connectivity index (χ0n) is 19.2. The lowest BCUT2D eigenvalue weighted by atomic mass is 10.1. The number of hydrogen-bond acceptors (Lipinski definition) is 4. The quantitative estimate of drug-likeness (QED) is 0.266. The maximum atomic E-state index is 5.98. The van der Waals surface area contributed by atoms with Crippen LogP contribution in [0.25, 0.3) is 11.1 Å². The van der Waals surface area contributed by atoms with E-state index in [4.69, 9.17) is 9.47 Å². The van der Waals surface area contributed by atoms with Gasteiger partial charge in [0.15, 0.2) is 0 Å². The monoisotopic (exact) mass is 412 g/mol. The van der Waals surface area contributed by atoms with Crippen LogP contribution in [0.1, 0.15) is 91.4 Å². The summed E-state index contributed by atoms with van der Waals surface area (Å²) in [6.07, 6.45) is 17.7. The summed E-state index contributed by atoms with van der Waals surface area (Å²) in [6.45, 7) is 7.33. The van der Waals surface area contributed by atoms with Gasteiger partial charge in [0.2, 0.25) is 11.8 Å². The van der Waals surface area contributed by atoms with Gasteiger partial charge in [0.1, 0.15) is 0 Å². The minimum absolute atomic E-state index is 0.199. The molecule has 166 valence electrons. The molecule has 0 bridgehead atoms. The average Bonchev–Trinajstić information content (AvgIpc) is 2.77. The van der Waals surface area contributed by atoms with Crippen molar-refractivity contribution in [2.24, 2.45) is 0 Å². The molecule has 0 amide bonds. The number of nitrogens with zero attached hydrogens (tertiary/aromatic N) is 2. The number of aromatic nitrogens is 2. The third-order valence-electron chi connectivity index (χ3n) is 5.34. The highest BCUT2D eigenvalue weighted by atomic mass is 16.5. The van der Waals surface area contributed by atoms with E-state index in [1.54, 1.807) is 0 Å². The highest BCUT2D eigenvalue weighted by Crippen LogP contribution is 2.22. The largest absolute Gasteiger partial charge is 0.478 e. The van der Waals surface area contributed by atoms with E-state index in [0.717, 1.165) is 30.6 Å². The fourth-order valence-electron chi connectivity index (χ4n) is 3.44. The minimum atomic E-state index is 0.199. The second-order valence-electron chi connectivity index (χ2n) is 8.16. The molecule has 30 heavy (non-hydrogen) atoms. The van der Waals surface area contributed by atoms with Crippen molar-refractivity contribution in [1.29, 1.82) is 0 Å². The minimum Gasteiger partial charge on any atom is -0.478 e. The molecule has 2 rings (SSSR count). The molecule has 2 aromatic rings. The lowest BCUT2D eigenvalue weighted by Crippen LogP contribution is -2.12. The van der Waals surface area contributed by atoms with Gasteiger partial charge in [0.25, 0.3) is 0 Å². The Bertz CT molecular complexity index is 670. The Kier molecular flexibility index (Phi) is 11.9. The number of ether oxygens (including phenoxy) is 2. The molecule has 2 heterocycles. The molecule has 4 heteroatoms. The summed E-state index contributed by atoms with van der Waals surface area (Å²) in [5, 5.41) is 0. The molecular weight excluding hydrogens is 372 g/mol. The first-order valence-electron chi connectivity index (χ1n) is 11.9. The predicted molar refractivity (Wildman–Crippen MR) is 125 cm³/mol. The topological polar surface area (TPSA) is 44.2 Å². The number of rotatable bonds is 16. The van der Waals surface area contributed by atoms with Crippen LogP contribution in [-0.2, 0) is 0 Å². The summed E-state index contributed by atoms with van der Waals surface area (Å²) < 4.78 is 11.7. The highest BCUT2D eigenvalue weighted by molar-refractivity contribution is 5.61. The SMILES string of the molecule is CCCCCCCCC(C)Oc1ccc(-c2ccc(OCCCCCC)nc2)cn1. The number of hydrogen-bond donors (Lipinski definition) is 0. The molecule has 0 saturated carbocycles. The van der Waals surface area contributed by atoms with Gasteiger partial charge < -0.3 is 9.47 Å². The molecule has 1 atom stereocenters. The van der Waals surface area contributed by atoms with E-state index in [9.17, 15) is 0 Å². The fraction of sp³-hybridized carbons (Fsp3) is 0.615. The van der Waals surface area contributed by atoms with Crippen LogP contribution in [0.3, 0.4) is 0 Å². The van der Waals surface area contributed by atoms with E-state index in [2.05, 4.69) is 30.7 Å². The summed E-state index contributed by atoms with van der Waals surface area (Å²) in [4.78, 5) is 8.91. The maximum absolute atomic E-state index is 5.98. The van der Waals surface area contributed by atoms with E-state index in [-0.39, 0.29) is 6.10 Å². The van der Waals surface area contributed by atoms with E-state index < -0.39 is 0 Å². The van der Waals surface area contributed by atoms with Gasteiger partial charge in [-0.05, 0) is 38.3 Å². The third kappa shape index (κ3) is 9.60. The molecule has 0 fully saturated rings. The van der Waals surface area contributed by atoms with Gasteiger partial charge in [-0.15, -0.1) is 0 Å². The molecule has 0 radical (unpaired) electrons. The van der Waals surface area contributed by atoms with Gasteiger partial charge in [-0.1, -0.05) is 65.2 Å². The first-order valence-corrected chi connectivity index (χ1v) is 11.9. The van der Waals surface area contributed by atoms with Gasteiger partial charge in [-0.3, -0.25) is 0 Å². The van der Waals surface area contributed by atoms with Gasteiger partial charge >= 0.3 is 0 Å². The number of unbranched alkanes of at least 4 members (excludes halogenated alkanes) is 8. The van der Waals surface area contributed by atoms with Gasteiger partial charge in [0, 0.05) is 35.7 Å². The second-order valence-corrected chi connectivity index (χ2v) is 8.16. The Morgan fingerprint density at radius 3 is 1.87 bits per heavy atom. The molecular formula is C26H40N2O2. The van der Waals surface area contributed by atoms with Crippen LogP contribution in [0.15, 0.2) is 36.7 Å². The molecule has 0 spiro atoms. The van der Waals surface area contributed by atoms with Crippen LogP contribution in [-0.4, -0.2) is 22.7 Å². The van der Waals surface area contributed by atoms with Crippen molar-refractivity contribution in [3.05, 3.63) is 36.7 Å². The smallest absolute Gasteiger partial charge is 0.213 e. The summed E-state index contributed by atoms with van der Waals surface area (Å²) in [5.74, 6) is 1.38. The third-order valence-corrected chi connectivity index (χ3v) is 5.34. The predicted octanol–water partition coefficient (Wildman–Crippen LogP) is 7.62. The molecule has 0 aromatic carbocycles. The summed E-state index contributed by atoms with van der Waals surface area (Å²) in [5.41, 5.74) is 2.07. The molecule has 0 aliphatic heterocycles. The van der Waals surface area contributed by atoms with E-state index >= 15 is 0 Å². The Morgan fingerprint density at radius 1 is 0.700 bits per heavy atom. The fourth-order valence-corrected chi connectivity index (χ4v) is 3.44. The summed E-state index contributed by atoms with van der Waals surface area (Å²) >= 11 is 0. The average molecular weight is 413 g/mol. The molecule has 2 aromatic heterocycles. The van der Waals surface area contributed by atoms with E-state index in [1.165, 1.54) is 57.8 Å². The number of pyridine rings is 2. The van der Waals surface area contributed by atoms with E-state index in [0.29, 0.717) is 11.8 Å². The van der Waals surface area contributed by atoms with Crippen LogP contribution in [0.4, 0.5) is 0 Å². The van der Waals surface area contributed by atoms with Crippen molar-refractivity contribution in [3.8, 4) is 22.9 Å². The van der Waals surface area contributed by atoms with E-state index in [1.807, 2.05) is 36.7 Å². The molecule has 1 unspecified atom stereocenters. The van der Waals surface area contributed by atoms with Gasteiger partial charge in [0.05, 0.1) is 12.7 Å². The second kappa shape index (κ2) is 14.8. The Morgan fingerprint density at radius 2 is 1.27 bits per heavy atom.